The second kappa shape index (κ2) is 6.74. The minimum absolute atomic E-state index is 0.395. The van der Waals surface area contributed by atoms with Crippen LogP contribution in [0.2, 0.25) is 0 Å². The first-order valence-corrected chi connectivity index (χ1v) is 12.8. The van der Waals surface area contributed by atoms with Crippen LogP contribution in [0.5, 0.6) is 0 Å². The van der Waals surface area contributed by atoms with Gasteiger partial charge >= 0.3 is 0 Å². The van der Waals surface area contributed by atoms with Gasteiger partial charge in [0, 0.05) is 20.9 Å². The van der Waals surface area contributed by atoms with Crippen molar-refractivity contribution in [1.82, 2.24) is 0 Å². The highest BCUT2D eigenvalue weighted by molar-refractivity contribution is 7.99. The first kappa shape index (κ1) is 19.6. The smallest absolute Gasteiger partial charge is 0.207 e. The van der Waals surface area contributed by atoms with Gasteiger partial charge < -0.3 is 4.90 Å². The molecule has 0 unspecified atom stereocenters. The predicted molar refractivity (Wildman–Crippen MR) is 129 cm³/mol. The molecule has 6 rings (SSSR count). The number of nitrogens with zero attached hydrogens (tertiary/aromatic N) is 1. The Morgan fingerprint density at radius 1 is 0.688 bits per heavy atom. The van der Waals surface area contributed by atoms with Crippen LogP contribution in [0.25, 0.3) is 0 Å². The van der Waals surface area contributed by atoms with Crippen molar-refractivity contribution < 1.29 is 8.42 Å². The van der Waals surface area contributed by atoms with Gasteiger partial charge in [-0.3, -0.25) is 0 Å². The maximum absolute atomic E-state index is 13.7. The van der Waals surface area contributed by atoms with Gasteiger partial charge in [0.2, 0.25) is 9.84 Å². The fourth-order valence-corrected chi connectivity index (χ4v) is 7.91. The molecule has 0 saturated carbocycles. The van der Waals surface area contributed by atoms with Crippen LogP contribution in [0.4, 0.5) is 17.1 Å². The number of hydrogen-bond acceptors (Lipinski definition) is 4. The second-order valence-corrected chi connectivity index (χ2v) is 11.6. The third-order valence-corrected chi connectivity index (χ3v) is 9.45. The normalized spacial score (nSPS) is 17.0. The maximum Gasteiger partial charge on any atom is 0.207 e. The van der Waals surface area contributed by atoms with Gasteiger partial charge in [0.15, 0.2) is 0 Å². The molecule has 0 aliphatic carbocycles. The van der Waals surface area contributed by atoms with Crippen LogP contribution >= 0.6 is 11.8 Å². The molecule has 0 fully saturated rings. The Kier molecular flexibility index (Phi) is 4.14. The number of anilines is 3. The highest BCUT2D eigenvalue weighted by Gasteiger charge is 2.40. The van der Waals surface area contributed by atoms with E-state index in [0.29, 0.717) is 9.79 Å². The Morgan fingerprint density at radius 3 is 1.94 bits per heavy atom. The summed E-state index contributed by atoms with van der Waals surface area (Å²) in [5.74, 6) is 0. The summed E-state index contributed by atoms with van der Waals surface area (Å²) in [5, 5.41) is 0. The fourth-order valence-electron chi connectivity index (χ4n) is 4.85. The third-order valence-electron chi connectivity index (χ3n) is 6.47. The Bertz CT molecular complexity index is 1460. The zero-order valence-corrected chi connectivity index (χ0v) is 19.4. The highest BCUT2D eigenvalue weighted by atomic mass is 32.2. The molecule has 2 aliphatic rings. The van der Waals surface area contributed by atoms with Crippen molar-refractivity contribution in [2.75, 3.05) is 4.90 Å². The largest absolute Gasteiger partial charge is 0.308 e. The van der Waals surface area contributed by atoms with Crippen LogP contribution in [0.3, 0.4) is 0 Å². The zero-order chi connectivity index (χ0) is 22.1. The molecule has 0 spiro atoms. The van der Waals surface area contributed by atoms with Crippen molar-refractivity contribution in [3.63, 3.8) is 0 Å². The minimum atomic E-state index is -3.62. The molecule has 32 heavy (non-hydrogen) atoms. The monoisotopic (exact) mass is 455 g/mol. The van der Waals surface area contributed by atoms with Crippen molar-refractivity contribution in [2.45, 2.75) is 38.8 Å². The van der Waals surface area contributed by atoms with E-state index in [2.05, 4.69) is 43.0 Å². The van der Waals surface area contributed by atoms with Gasteiger partial charge in [-0.25, -0.2) is 8.42 Å². The lowest BCUT2D eigenvalue weighted by atomic mass is 9.77. The van der Waals surface area contributed by atoms with E-state index in [0.717, 1.165) is 38.0 Å². The molecule has 2 aliphatic heterocycles. The third kappa shape index (κ3) is 2.64. The highest BCUT2D eigenvalue weighted by Crippen LogP contribution is 2.53. The van der Waals surface area contributed by atoms with E-state index in [1.54, 1.807) is 23.9 Å². The molecule has 3 nitrogen and oxygen atoms in total. The van der Waals surface area contributed by atoms with Crippen molar-refractivity contribution >= 4 is 38.7 Å². The number of rotatable bonds is 1. The van der Waals surface area contributed by atoms with Gasteiger partial charge in [0.1, 0.15) is 0 Å². The molecule has 0 bridgehead atoms. The zero-order valence-electron chi connectivity index (χ0n) is 17.7. The number of para-hydroxylation sites is 2. The van der Waals surface area contributed by atoms with Gasteiger partial charge in [-0.2, -0.15) is 0 Å². The van der Waals surface area contributed by atoms with E-state index in [4.69, 9.17) is 0 Å². The van der Waals surface area contributed by atoms with Crippen LogP contribution in [-0.4, -0.2) is 8.42 Å². The summed E-state index contributed by atoms with van der Waals surface area (Å²) in [5.41, 5.74) is 4.26. The summed E-state index contributed by atoms with van der Waals surface area (Å²) in [6.07, 6.45) is 0. The van der Waals surface area contributed by atoms with Crippen LogP contribution in [0.1, 0.15) is 25.0 Å². The summed E-state index contributed by atoms with van der Waals surface area (Å²) in [7, 11) is -3.62. The molecule has 0 atom stereocenters. The van der Waals surface area contributed by atoms with Gasteiger partial charge in [-0.05, 0) is 53.6 Å². The molecular weight excluding hydrogens is 434 g/mol. The lowest BCUT2D eigenvalue weighted by Crippen LogP contribution is -2.30. The first-order chi connectivity index (χ1) is 15.4. The maximum atomic E-state index is 13.7. The number of sulfone groups is 1. The van der Waals surface area contributed by atoms with Crippen LogP contribution < -0.4 is 4.90 Å². The van der Waals surface area contributed by atoms with E-state index in [1.165, 1.54) is 0 Å². The van der Waals surface area contributed by atoms with Crippen molar-refractivity contribution in [2.24, 2.45) is 0 Å². The number of hydrogen-bond donors (Lipinski definition) is 0. The van der Waals surface area contributed by atoms with Crippen molar-refractivity contribution in [3.8, 4) is 0 Å². The molecule has 158 valence electrons. The van der Waals surface area contributed by atoms with Gasteiger partial charge in [0.05, 0.1) is 21.2 Å². The van der Waals surface area contributed by atoms with Gasteiger partial charge in [-0.15, -0.1) is 0 Å². The predicted octanol–water partition coefficient (Wildman–Crippen LogP) is 7.09. The Hall–Kier alpha value is -3.02. The van der Waals surface area contributed by atoms with Gasteiger partial charge in [0.25, 0.3) is 0 Å². The molecular formula is C27H21NO2S2. The average molecular weight is 456 g/mol. The van der Waals surface area contributed by atoms with Gasteiger partial charge in [-0.1, -0.05) is 74.1 Å². The standard InChI is InChI=1S/C27H21NO2S2/c1-27(2)19-9-3-8-14-25(19)32(29,30)26-17-18(15-16-20(26)27)28-21-10-4-6-12-23(21)31-24-13-7-5-11-22(24)28/h3-17H,1-2H3. The van der Waals surface area contributed by atoms with E-state index in [1.807, 2.05) is 54.6 Å². The summed E-state index contributed by atoms with van der Waals surface area (Å²) in [6, 6.07) is 29.8. The molecule has 0 aromatic heterocycles. The average Bonchev–Trinajstić information content (AvgIpc) is 2.81. The number of fused-ring (bicyclic) bond motifs is 4. The minimum Gasteiger partial charge on any atom is -0.308 e. The summed E-state index contributed by atoms with van der Waals surface area (Å²) in [6.45, 7) is 4.20. The molecule has 0 amide bonds. The lowest BCUT2D eigenvalue weighted by Gasteiger charge is -2.37. The molecule has 0 saturated heterocycles. The van der Waals surface area contributed by atoms with E-state index < -0.39 is 15.3 Å². The van der Waals surface area contributed by atoms with Crippen molar-refractivity contribution in [1.29, 1.82) is 0 Å². The van der Waals surface area contributed by atoms with E-state index in [-0.39, 0.29) is 0 Å². The second-order valence-electron chi connectivity index (χ2n) is 8.68. The SMILES string of the molecule is CC1(C)c2ccccc2S(=O)(=O)c2cc(N3c4ccccc4Sc4ccccc43)ccc21. The quantitative estimate of drug-likeness (QED) is 0.270. The molecule has 4 aromatic rings. The topological polar surface area (TPSA) is 37.4 Å². The molecule has 0 N–H and O–H groups in total. The number of benzene rings is 4. The fraction of sp³-hybridized carbons (Fsp3) is 0.111. The van der Waals surface area contributed by atoms with E-state index in [9.17, 15) is 8.42 Å². The lowest BCUT2D eigenvalue weighted by molar-refractivity contribution is 0.555. The molecule has 5 heteroatoms. The summed E-state index contributed by atoms with van der Waals surface area (Å²) < 4.78 is 27.4. The first-order valence-electron chi connectivity index (χ1n) is 10.5. The molecule has 2 heterocycles. The Labute approximate surface area is 192 Å². The Balaban J connectivity index is 1.61. The molecule has 0 radical (unpaired) electrons. The van der Waals surface area contributed by atoms with E-state index >= 15 is 0 Å². The van der Waals surface area contributed by atoms with Crippen LogP contribution in [0.15, 0.2) is 111 Å². The van der Waals surface area contributed by atoms with Crippen LogP contribution in [-0.2, 0) is 15.3 Å². The molecule has 4 aromatic carbocycles. The Morgan fingerprint density at radius 2 is 1.25 bits per heavy atom. The van der Waals surface area contributed by atoms with Crippen LogP contribution in [0, 0.1) is 0 Å². The summed E-state index contributed by atoms with van der Waals surface area (Å²) >= 11 is 1.74. The summed E-state index contributed by atoms with van der Waals surface area (Å²) in [4.78, 5) is 5.27. The van der Waals surface area contributed by atoms with Crippen molar-refractivity contribution in [3.05, 3.63) is 102 Å².